The molecule has 0 fully saturated rings. The maximum Gasteiger partial charge on any atom is 0.161 e. The highest BCUT2D eigenvalue weighted by atomic mass is 16.3. The first-order chi connectivity index (χ1) is 21.4. The molecule has 3 nitrogen and oxygen atoms in total. The van der Waals surface area contributed by atoms with E-state index in [9.17, 15) is 0 Å². The molecule has 3 heteroatoms. The van der Waals surface area contributed by atoms with Gasteiger partial charge in [-0.3, -0.25) is 0 Å². The molecule has 7 aromatic carbocycles. The molecule has 3 aromatic heterocycles. The van der Waals surface area contributed by atoms with E-state index in [1.54, 1.807) is 0 Å². The number of nitrogens with zero attached hydrogens (tertiary/aromatic N) is 2. The van der Waals surface area contributed by atoms with E-state index in [1.807, 2.05) is 0 Å². The third kappa shape index (κ3) is 2.98. The maximum absolute atomic E-state index is 7.03. The minimum Gasteiger partial charge on any atom is -0.451 e. The third-order valence-electron chi connectivity index (χ3n) is 9.08. The average molecular weight is 549 g/mol. The molecular weight excluding hydrogens is 524 g/mol. The summed E-state index contributed by atoms with van der Waals surface area (Å²) in [5.41, 5.74) is 8.62. The number of rotatable bonds is 2. The molecule has 0 unspecified atom stereocenters. The lowest BCUT2D eigenvalue weighted by atomic mass is 10.00. The minimum atomic E-state index is 0.909. The third-order valence-corrected chi connectivity index (χ3v) is 9.08. The van der Waals surface area contributed by atoms with Crippen molar-refractivity contribution >= 4 is 76.3 Å². The molecule has 3 heterocycles. The molecule has 0 bridgehead atoms. The van der Waals surface area contributed by atoms with Crippen molar-refractivity contribution in [1.82, 2.24) is 9.13 Å². The summed E-state index contributed by atoms with van der Waals surface area (Å²) in [6.45, 7) is 0. The van der Waals surface area contributed by atoms with Gasteiger partial charge in [0.1, 0.15) is 5.52 Å². The van der Waals surface area contributed by atoms with E-state index in [1.165, 1.54) is 37.8 Å². The molecule has 43 heavy (non-hydrogen) atoms. The molecule has 10 aromatic rings. The van der Waals surface area contributed by atoms with Crippen LogP contribution in [0.4, 0.5) is 0 Å². The Hall–Kier alpha value is -5.80. The van der Waals surface area contributed by atoms with Crippen LogP contribution < -0.4 is 0 Å². The number of aromatic nitrogens is 2. The first-order valence-electron chi connectivity index (χ1n) is 14.7. The predicted octanol–water partition coefficient (Wildman–Crippen LogP) is 10.9. The first kappa shape index (κ1) is 22.8. The number of furan rings is 1. The molecule has 0 spiro atoms. The topological polar surface area (TPSA) is 23.0 Å². The molecule has 0 radical (unpaired) electrons. The van der Waals surface area contributed by atoms with Crippen molar-refractivity contribution < 1.29 is 4.42 Å². The van der Waals surface area contributed by atoms with Crippen molar-refractivity contribution in [3.63, 3.8) is 0 Å². The number of fused-ring (bicyclic) bond motifs is 12. The zero-order chi connectivity index (χ0) is 28.1. The normalized spacial score (nSPS) is 12.2. The van der Waals surface area contributed by atoms with Crippen LogP contribution >= 0.6 is 0 Å². The van der Waals surface area contributed by atoms with Gasteiger partial charge in [0.15, 0.2) is 11.2 Å². The van der Waals surface area contributed by atoms with Crippen LogP contribution in [0.3, 0.4) is 0 Å². The second-order valence-corrected chi connectivity index (χ2v) is 11.3. The molecule has 0 N–H and O–H groups in total. The summed E-state index contributed by atoms with van der Waals surface area (Å²) in [4.78, 5) is 0. The number of hydrogen-bond acceptors (Lipinski definition) is 1. The van der Waals surface area contributed by atoms with Gasteiger partial charge < -0.3 is 13.6 Å². The van der Waals surface area contributed by atoms with Crippen LogP contribution in [0.25, 0.3) is 87.7 Å². The lowest BCUT2D eigenvalue weighted by Crippen LogP contribution is -1.97. The summed E-state index contributed by atoms with van der Waals surface area (Å²) in [6, 6.07) is 52.2. The van der Waals surface area contributed by atoms with Crippen molar-refractivity contribution in [2.75, 3.05) is 0 Å². The van der Waals surface area contributed by atoms with Gasteiger partial charge in [-0.1, -0.05) is 103 Å². The summed E-state index contributed by atoms with van der Waals surface area (Å²) in [5.74, 6) is 0. The summed E-state index contributed by atoms with van der Waals surface area (Å²) < 4.78 is 11.8. The number of benzene rings is 7. The zero-order valence-electron chi connectivity index (χ0n) is 23.2. The Morgan fingerprint density at radius 1 is 0.372 bits per heavy atom. The van der Waals surface area contributed by atoms with Crippen LogP contribution in [0, 0.1) is 0 Å². The highest BCUT2D eigenvalue weighted by Gasteiger charge is 2.24. The van der Waals surface area contributed by atoms with Crippen LogP contribution in [0.5, 0.6) is 0 Å². The maximum atomic E-state index is 7.03. The van der Waals surface area contributed by atoms with E-state index in [0.717, 1.165) is 49.9 Å². The Bertz CT molecular complexity index is 2720. The lowest BCUT2D eigenvalue weighted by molar-refractivity contribution is 0.675. The highest BCUT2D eigenvalue weighted by Crippen LogP contribution is 2.45. The highest BCUT2D eigenvalue weighted by molar-refractivity contribution is 6.25. The van der Waals surface area contributed by atoms with E-state index >= 15 is 0 Å². The minimum absolute atomic E-state index is 0.909. The fraction of sp³-hybridized carbons (Fsp3) is 0. The van der Waals surface area contributed by atoms with Crippen LogP contribution in [0.1, 0.15) is 0 Å². The van der Waals surface area contributed by atoms with Gasteiger partial charge in [0.2, 0.25) is 0 Å². The van der Waals surface area contributed by atoms with Gasteiger partial charge in [-0.25, -0.2) is 0 Å². The monoisotopic (exact) mass is 548 g/mol. The van der Waals surface area contributed by atoms with Crippen molar-refractivity contribution in [1.29, 1.82) is 0 Å². The summed E-state index contributed by atoms with van der Waals surface area (Å²) in [6.07, 6.45) is 0. The fourth-order valence-electron chi connectivity index (χ4n) is 7.29. The Balaban J connectivity index is 1.44. The second kappa shape index (κ2) is 8.37. The van der Waals surface area contributed by atoms with Crippen LogP contribution in [-0.4, -0.2) is 9.13 Å². The number of hydrogen-bond donors (Lipinski definition) is 0. The van der Waals surface area contributed by atoms with E-state index < -0.39 is 0 Å². The Labute approximate surface area is 246 Å². The molecule has 0 aliphatic heterocycles. The molecular formula is C40H24N2O. The predicted molar refractivity (Wildman–Crippen MR) is 180 cm³/mol. The van der Waals surface area contributed by atoms with Gasteiger partial charge in [0, 0.05) is 32.6 Å². The average Bonchev–Trinajstić information content (AvgIpc) is 3.72. The van der Waals surface area contributed by atoms with Crippen LogP contribution in [-0.2, 0) is 0 Å². The van der Waals surface area contributed by atoms with Gasteiger partial charge in [-0.2, -0.15) is 0 Å². The van der Waals surface area contributed by atoms with E-state index in [4.69, 9.17) is 4.42 Å². The first-order valence-corrected chi connectivity index (χ1v) is 14.7. The van der Waals surface area contributed by atoms with Crippen LogP contribution in [0.2, 0.25) is 0 Å². The van der Waals surface area contributed by atoms with E-state index in [0.29, 0.717) is 0 Å². The lowest BCUT2D eigenvalue weighted by Gasteiger charge is -2.14. The molecule has 0 saturated carbocycles. The van der Waals surface area contributed by atoms with Gasteiger partial charge in [-0.05, 0) is 58.6 Å². The largest absolute Gasteiger partial charge is 0.451 e. The SMILES string of the molecule is c1ccc(-n2c3ccccc3c3oc4c(ccc5c6ccccc6n(-c6cc7ccccc7c7ccccc67)c54)c32)cc1. The molecule has 0 aliphatic carbocycles. The standard InChI is InChI=1S/C40H24N2O/c1-2-13-26(14-3-1)41-35-21-11-9-19-32(35)39-38(41)33-23-22-31-30-18-8-10-20-34(30)42(37(31)40(33)43-39)36-24-25-12-4-5-15-27(25)28-16-6-7-17-29(28)36/h1-24H. The van der Waals surface area contributed by atoms with Gasteiger partial charge in [0.05, 0.1) is 22.2 Å². The Kier molecular flexibility index (Phi) is 4.45. The Morgan fingerprint density at radius 3 is 1.74 bits per heavy atom. The summed E-state index contributed by atoms with van der Waals surface area (Å²) in [7, 11) is 0. The van der Waals surface area contributed by atoms with Crippen molar-refractivity contribution in [2.45, 2.75) is 0 Å². The van der Waals surface area contributed by atoms with Crippen molar-refractivity contribution in [3.8, 4) is 11.4 Å². The smallest absolute Gasteiger partial charge is 0.161 e. The molecule has 200 valence electrons. The molecule has 0 atom stereocenters. The quantitative estimate of drug-likeness (QED) is 0.197. The van der Waals surface area contributed by atoms with Gasteiger partial charge >= 0.3 is 0 Å². The zero-order valence-corrected chi connectivity index (χ0v) is 23.2. The fourth-order valence-corrected chi connectivity index (χ4v) is 7.29. The second-order valence-electron chi connectivity index (χ2n) is 11.3. The summed E-state index contributed by atoms with van der Waals surface area (Å²) >= 11 is 0. The van der Waals surface area contributed by atoms with E-state index in [-0.39, 0.29) is 0 Å². The molecule has 0 amide bonds. The summed E-state index contributed by atoms with van der Waals surface area (Å²) in [5, 5.41) is 9.58. The van der Waals surface area contributed by atoms with Gasteiger partial charge in [-0.15, -0.1) is 0 Å². The molecule has 0 aliphatic rings. The Morgan fingerprint density at radius 2 is 0.930 bits per heavy atom. The van der Waals surface area contributed by atoms with E-state index in [2.05, 4.69) is 155 Å². The molecule has 10 rings (SSSR count). The molecule has 0 saturated heterocycles. The van der Waals surface area contributed by atoms with Crippen LogP contribution in [0.15, 0.2) is 150 Å². The van der Waals surface area contributed by atoms with Crippen molar-refractivity contribution in [3.05, 3.63) is 146 Å². The van der Waals surface area contributed by atoms with Gasteiger partial charge in [0.25, 0.3) is 0 Å². The van der Waals surface area contributed by atoms with Crippen molar-refractivity contribution in [2.24, 2.45) is 0 Å². The number of para-hydroxylation sites is 3.